The van der Waals surface area contributed by atoms with Gasteiger partial charge in [0.2, 0.25) is 0 Å². The number of ketones is 1. The maximum Gasteiger partial charge on any atom is 0.265 e. The van der Waals surface area contributed by atoms with Crippen LogP contribution in [-0.4, -0.2) is 34.7 Å². The van der Waals surface area contributed by atoms with Crippen molar-refractivity contribution in [2.45, 2.75) is 32.1 Å². The van der Waals surface area contributed by atoms with E-state index in [2.05, 4.69) is 11.1 Å². The Morgan fingerprint density at radius 2 is 1.84 bits per heavy atom. The molecule has 5 nitrogen and oxygen atoms in total. The van der Waals surface area contributed by atoms with E-state index in [1.54, 1.807) is 30.5 Å². The summed E-state index contributed by atoms with van der Waals surface area (Å²) in [4.78, 5) is 31.4. The SMILES string of the molecule is N#Cc1ccc(CC(=O)Cc2ncc(C(=O)N3CCCCC3)s2)cc1. The molecule has 1 fully saturated rings. The molecule has 1 saturated heterocycles. The highest BCUT2D eigenvalue weighted by atomic mass is 32.1. The molecule has 0 aliphatic carbocycles. The molecule has 1 aromatic heterocycles. The number of piperidine rings is 1. The van der Waals surface area contributed by atoms with Crippen LogP contribution in [0.3, 0.4) is 0 Å². The van der Waals surface area contributed by atoms with Crippen molar-refractivity contribution in [3.8, 4) is 6.07 Å². The molecule has 1 aliphatic rings. The highest BCUT2D eigenvalue weighted by molar-refractivity contribution is 7.13. The molecular formula is C19H19N3O2S. The van der Waals surface area contributed by atoms with E-state index in [9.17, 15) is 9.59 Å². The topological polar surface area (TPSA) is 74.1 Å². The average Bonchev–Trinajstić information content (AvgIpc) is 3.10. The molecule has 6 heteroatoms. The Morgan fingerprint density at radius 3 is 2.52 bits per heavy atom. The molecule has 0 saturated carbocycles. The summed E-state index contributed by atoms with van der Waals surface area (Å²) in [6.45, 7) is 1.62. The second-order valence-corrected chi connectivity index (χ2v) is 7.29. The summed E-state index contributed by atoms with van der Waals surface area (Å²) in [7, 11) is 0. The Hall–Kier alpha value is -2.52. The molecule has 1 aliphatic heterocycles. The zero-order valence-corrected chi connectivity index (χ0v) is 14.7. The quantitative estimate of drug-likeness (QED) is 0.828. The van der Waals surface area contributed by atoms with Gasteiger partial charge in [-0.15, -0.1) is 11.3 Å². The summed E-state index contributed by atoms with van der Waals surface area (Å²) in [6.07, 6.45) is 5.42. The third-order valence-electron chi connectivity index (χ3n) is 4.24. The third kappa shape index (κ3) is 4.52. The first kappa shape index (κ1) is 17.3. The second kappa shape index (κ2) is 8.04. The normalized spacial score (nSPS) is 14.1. The molecule has 0 N–H and O–H groups in total. The monoisotopic (exact) mass is 353 g/mol. The molecule has 2 aromatic rings. The van der Waals surface area contributed by atoms with Crippen molar-refractivity contribution >= 4 is 23.0 Å². The van der Waals surface area contributed by atoms with Crippen molar-refractivity contribution in [2.75, 3.05) is 13.1 Å². The molecule has 0 atom stereocenters. The molecule has 25 heavy (non-hydrogen) atoms. The van der Waals surface area contributed by atoms with E-state index in [0.29, 0.717) is 21.9 Å². The van der Waals surface area contributed by atoms with Gasteiger partial charge in [0, 0.05) is 19.5 Å². The van der Waals surface area contributed by atoms with E-state index < -0.39 is 0 Å². The van der Waals surface area contributed by atoms with Crippen molar-refractivity contribution in [3.63, 3.8) is 0 Å². The lowest BCUT2D eigenvalue weighted by Gasteiger charge is -2.25. The maximum atomic E-state index is 12.4. The molecule has 1 aromatic carbocycles. The number of thiazole rings is 1. The van der Waals surface area contributed by atoms with Crippen LogP contribution in [0.15, 0.2) is 30.5 Å². The van der Waals surface area contributed by atoms with Gasteiger partial charge in [-0.25, -0.2) is 4.98 Å². The lowest BCUT2D eigenvalue weighted by Crippen LogP contribution is -2.35. The van der Waals surface area contributed by atoms with Crippen molar-refractivity contribution in [1.29, 1.82) is 5.26 Å². The number of aromatic nitrogens is 1. The molecular weight excluding hydrogens is 334 g/mol. The number of hydrogen-bond donors (Lipinski definition) is 0. The summed E-state index contributed by atoms with van der Waals surface area (Å²) in [5.41, 5.74) is 1.46. The average molecular weight is 353 g/mol. The van der Waals surface area contributed by atoms with Gasteiger partial charge < -0.3 is 4.90 Å². The van der Waals surface area contributed by atoms with Gasteiger partial charge >= 0.3 is 0 Å². The molecule has 2 heterocycles. The Labute approximate surface area is 150 Å². The Morgan fingerprint density at radius 1 is 1.12 bits per heavy atom. The number of carbonyl (C=O) groups excluding carboxylic acids is 2. The molecule has 3 rings (SSSR count). The minimum Gasteiger partial charge on any atom is -0.338 e. The van der Waals surface area contributed by atoms with Gasteiger partial charge in [0.1, 0.15) is 15.7 Å². The second-order valence-electron chi connectivity index (χ2n) is 6.17. The predicted molar refractivity (Wildman–Crippen MR) is 95.4 cm³/mol. The minimum absolute atomic E-state index is 0.0305. The first-order valence-electron chi connectivity index (χ1n) is 8.40. The number of Topliss-reactive ketones (excluding diaryl/α,β-unsaturated/α-hetero) is 1. The number of rotatable bonds is 5. The van der Waals surface area contributed by atoms with Crippen molar-refractivity contribution in [1.82, 2.24) is 9.88 Å². The first-order chi connectivity index (χ1) is 12.2. The number of likely N-dealkylation sites (tertiary alicyclic amines) is 1. The highest BCUT2D eigenvalue weighted by Crippen LogP contribution is 2.19. The Bertz CT molecular complexity index is 799. The van der Waals surface area contributed by atoms with Gasteiger partial charge in [0.15, 0.2) is 0 Å². The number of benzene rings is 1. The Balaban J connectivity index is 1.57. The summed E-state index contributed by atoms with van der Waals surface area (Å²) in [5, 5.41) is 9.47. The molecule has 0 bridgehead atoms. The van der Waals surface area contributed by atoms with Gasteiger partial charge in [0.05, 0.1) is 24.3 Å². The van der Waals surface area contributed by atoms with Gasteiger partial charge in [-0.3, -0.25) is 9.59 Å². The van der Waals surface area contributed by atoms with Crippen LogP contribution in [0.5, 0.6) is 0 Å². The number of nitrogens with zero attached hydrogens (tertiary/aromatic N) is 3. The number of amides is 1. The van der Waals surface area contributed by atoms with Gasteiger partial charge in [0.25, 0.3) is 5.91 Å². The van der Waals surface area contributed by atoms with E-state index >= 15 is 0 Å². The number of nitriles is 1. The molecule has 128 valence electrons. The third-order valence-corrected chi connectivity index (χ3v) is 5.23. The fraction of sp³-hybridized carbons (Fsp3) is 0.368. The zero-order chi connectivity index (χ0) is 17.6. The van der Waals surface area contributed by atoms with Crippen molar-refractivity contribution < 1.29 is 9.59 Å². The maximum absolute atomic E-state index is 12.4. The van der Waals surface area contributed by atoms with Crippen LogP contribution in [-0.2, 0) is 17.6 Å². The number of hydrogen-bond acceptors (Lipinski definition) is 5. The van der Waals surface area contributed by atoms with Crippen LogP contribution >= 0.6 is 11.3 Å². The zero-order valence-electron chi connectivity index (χ0n) is 13.9. The molecule has 0 spiro atoms. The van der Waals surface area contributed by atoms with E-state index in [4.69, 9.17) is 5.26 Å². The summed E-state index contributed by atoms with van der Waals surface area (Å²) >= 11 is 1.31. The van der Waals surface area contributed by atoms with Crippen molar-refractivity contribution in [3.05, 3.63) is 51.5 Å². The summed E-state index contributed by atoms with van der Waals surface area (Å²) in [6, 6.07) is 9.07. The van der Waals surface area contributed by atoms with Crippen LogP contribution < -0.4 is 0 Å². The molecule has 0 unspecified atom stereocenters. The van der Waals surface area contributed by atoms with Crippen LogP contribution in [0, 0.1) is 11.3 Å². The first-order valence-corrected chi connectivity index (χ1v) is 9.22. The summed E-state index contributed by atoms with van der Waals surface area (Å²) in [5.74, 6) is 0.0824. The largest absolute Gasteiger partial charge is 0.338 e. The Kier molecular flexibility index (Phi) is 5.56. The highest BCUT2D eigenvalue weighted by Gasteiger charge is 2.20. The van der Waals surface area contributed by atoms with E-state index in [-0.39, 0.29) is 18.1 Å². The van der Waals surface area contributed by atoms with Gasteiger partial charge in [-0.05, 0) is 37.0 Å². The fourth-order valence-electron chi connectivity index (χ4n) is 2.90. The van der Waals surface area contributed by atoms with Crippen LogP contribution in [0.25, 0.3) is 0 Å². The number of carbonyl (C=O) groups is 2. The van der Waals surface area contributed by atoms with Crippen LogP contribution in [0.4, 0.5) is 0 Å². The standard InChI is InChI=1S/C19H19N3O2S/c20-12-15-6-4-14(5-7-15)10-16(23)11-18-21-13-17(25-18)19(24)22-8-2-1-3-9-22/h4-7,13H,1-3,8-11H2. The van der Waals surface area contributed by atoms with Gasteiger partial charge in [-0.1, -0.05) is 12.1 Å². The van der Waals surface area contributed by atoms with Crippen LogP contribution in [0.1, 0.15) is 45.1 Å². The van der Waals surface area contributed by atoms with Crippen molar-refractivity contribution in [2.24, 2.45) is 0 Å². The predicted octanol–water partition coefficient (Wildman–Crippen LogP) is 3.00. The minimum atomic E-state index is 0.0305. The lowest BCUT2D eigenvalue weighted by molar-refractivity contribution is -0.117. The smallest absolute Gasteiger partial charge is 0.265 e. The van der Waals surface area contributed by atoms with E-state index in [0.717, 1.165) is 31.5 Å². The fourth-order valence-corrected chi connectivity index (χ4v) is 3.81. The van der Waals surface area contributed by atoms with Gasteiger partial charge in [-0.2, -0.15) is 5.26 Å². The summed E-state index contributed by atoms with van der Waals surface area (Å²) < 4.78 is 0. The van der Waals surface area contributed by atoms with Crippen LogP contribution in [0.2, 0.25) is 0 Å². The molecule has 0 radical (unpaired) electrons. The lowest BCUT2D eigenvalue weighted by atomic mass is 10.1. The van der Waals surface area contributed by atoms with E-state index in [1.165, 1.54) is 17.8 Å². The molecule has 1 amide bonds. The van der Waals surface area contributed by atoms with E-state index in [1.807, 2.05) is 4.90 Å².